The van der Waals surface area contributed by atoms with E-state index in [2.05, 4.69) is 6.92 Å². The van der Waals surface area contributed by atoms with Gasteiger partial charge in [-0.15, -0.1) is 0 Å². The molecule has 1 saturated heterocycles. The number of likely N-dealkylation sites (tertiary alicyclic amines) is 1. The van der Waals surface area contributed by atoms with E-state index in [1.54, 1.807) is 6.92 Å². The Morgan fingerprint density at radius 2 is 2.05 bits per heavy atom. The van der Waals surface area contributed by atoms with Crippen molar-refractivity contribution in [2.24, 2.45) is 5.92 Å². The van der Waals surface area contributed by atoms with Crippen LogP contribution in [0, 0.1) is 5.92 Å². The van der Waals surface area contributed by atoms with E-state index in [-0.39, 0.29) is 17.4 Å². The van der Waals surface area contributed by atoms with Gasteiger partial charge in [-0.05, 0) is 38.5 Å². The maximum Gasteiger partial charge on any atom is 0.219 e. The highest BCUT2D eigenvalue weighted by atomic mass is 16.2. The zero-order chi connectivity index (χ0) is 13.9. The predicted octanol–water partition coefficient (Wildman–Crippen LogP) is 3.32. The topological polar surface area (TPSA) is 37.4 Å². The number of hydrogen-bond donors (Lipinski definition) is 0. The summed E-state index contributed by atoms with van der Waals surface area (Å²) in [6, 6.07) is 0. The van der Waals surface area contributed by atoms with Gasteiger partial charge in [-0.3, -0.25) is 9.59 Å². The van der Waals surface area contributed by atoms with Crippen molar-refractivity contribution in [1.29, 1.82) is 0 Å². The van der Waals surface area contributed by atoms with Crippen molar-refractivity contribution in [3.05, 3.63) is 0 Å². The summed E-state index contributed by atoms with van der Waals surface area (Å²) in [5, 5.41) is 0. The monoisotopic (exact) mass is 265 g/mol. The third-order valence-corrected chi connectivity index (χ3v) is 5.08. The number of unbranched alkanes of at least 4 members (excludes halogenated alkanes) is 1. The molecular formula is C16H27NO2. The van der Waals surface area contributed by atoms with Crippen molar-refractivity contribution < 1.29 is 9.59 Å². The maximum atomic E-state index is 12.4. The number of ketones is 1. The standard InChI is InChI=1S/C16H27NO2/c1-3-4-8-14-15(19)9-7-11-16(14)10-5-6-12-17(16)13(2)18/h14H,3-12H2,1-2H3/t14-,16?/m1/s1. The quantitative estimate of drug-likeness (QED) is 0.785. The molecule has 3 heteroatoms. The Labute approximate surface area is 116 Å². The molecule has 19 heavy (non-hydrogen) atoms. The molecule has 1 aliphatic carbocycles. The summed E-state index contributed by atoms with van der Waals surface area (Å²) in [7, 11) is 0. The molecule has 2 aliphatic rings. The summed E-state index contributed by atoms with van der Waals surface area (Å²) in [4.78, 5) is 26.5. The smallest absolute Gasteiger partial charge is 0.219 e. The molecule has 1 unspecified atom stereocenters. The summed E-state index contributed by atoms with van der Waals surface area (Å²) < 4.78 is 0. The molecule has 0 N–H and O–H groups in total. The van der Waals surface area contributed by atoms with Gasteiger partial charge >= 0.3 is 0 Å². The molecule has 3 nitrogen and oxygen atoms in total. The summed E-state index contributed by atoms with van der Waals surface area (Å²) in [5.41, 5.74) is -0.130. The molecule has 0 radical (unpaired) electrons. The minimum absolute atomic E-state index is 0.102. The molecule has 1 saturated carbocycles. The molecule has 108 valence electrons. The van der Waals surface area contributed by atoms with E-state index < -0.39 is 0 Å². The van der Waals surface area contributed by atoms with Gasteiger partial charge in [0.25, 0.3) is 0 Å². The van der Waals surface area contributed by atoms with E-state index >= 15 is 0 Å². The second-order valence-electron chi connectivity index (χ2n) is 6.25. The van der Waals surface area contributed by atoms with Crippen LogP contribution in [0.4, 0.5) is 0 Å². The van der Waals surface area contributed by atoms with E-state index in [1.165, 1.54) is 6.42 Å². The van der Waals surface area contributed by atoms with Gasteiger partial charge in [0.05, 0.1) is 5.54 Å². The second kappa shape index (κ2) is 6.06. The Morgan fingerprint density at radius 1 is 1.32 bits per heavy atom. The fraction of sp³-hybridized carbons (Fsp3) is 0.875. The van der Waals surface area contributed by atoms with Crippen molar-refractivity contribution >= 4 is 11.7 Å². The summed E-state index contributed by atoms with van der Waals surface area (Å²) in [5.74, 6) is 0.675. The number of hydrogen-bond acceptors (Lipinski definition) is 2. The third-order valence-electron chi connectivity index (χ3n) is 5.08. The van der Waals surface area contributed by atoms with Crippen LogP contribution < -0.4 is 0 Å². The van der Waals surface area contributed by atoms with E-state index in [4.69, 9.17) is 0 Å². The van der Waals surface area contributed by atoms with Crippen LogP contribution in [0.15, 0.2) is 0 Å². The van der Waals surface area contributed by atoms with Crippen LogP contribution in [0.3, 0.4) is 0 Å². The van der Waals surface area contributed by atoms with Crippen molar-refractivity contribution in [1.82, 2.24) is 4.90 Å². The molecule has 2 rings (SSSR count). The lowest BCUT2D eigenvalue weighted by Crippen LogP contribution is -2.61. The van der Waals surface area contributed by atoms with Gasteiger partial charge in [0.15, 0.2) is 0 Å². The Bertz CT molecular complexity index is 349. The van der Waals surface area contributed by atoms with Crippen LogP contribution in [0.5, 0.6) is 0 Å². The number of nitrogens with zero attached hydrogens (tertiary/aromatic N) is 1. The third kappa shape index (κ3) is 2.70. The predicted molar refractivity (Wildman–Crippen MR) is 75.8 cm³/mol. The van der Waals surface area contributed by atoms with Gasteiger partial charge in [-0.1, -0.05) is 19.8 Å². The molecular weight excluding hydrogens is 238 g/mol. The summed E-state index contributed by atoms with van der Waals surface area (Å²) >= 11 is 0. The normalized spacial score (nSPS) is 31.8. The number of amides is 1. The number of Topliss-reactive ketones (excluding diaryl/α,β-unsaturated/α-hetero) is 1. The van der Waals surface area contributed by atoms with Gasteiger partial charge in [0.2, 0.25) is 5.91 Å². The maximum absolute atomic E-state index is 12.4. The van der Waals surface area contributed by atoms with Crippen LogP contribution in [0.25, 0.3) is 0 Å². The lowest BCUT2D eigenvalue weighted by atomic mass is 9.65. The zero-order valence-electron chi connectivity index (χ0n) is 12.4. The first kappa shape index (κ1) is 14.5. The van der Waals surface area contributed by atoms with E-state index in [0.717, 1.165) is 57.9 Å². The summed E-state index contributed by atoms with van der Waals surface area (Å²) in [6.45, 7) is 4.69. The Kier molecular flexibility index (Phi) is 4.64. The Balaban J connectivity index is 2.28. The Morgan fingerprint density at radius 3 is 2.74 bits per heavy atom. The number of carbonyl (C=O) groups excluding carboxylic acids is 2. The Hall–Kier alpha value is -0.860. The first-order valence-corrected chi connectivity index (χ1v) is 7.93. The van der Waals surface area contributed by atoms with Crippen LogP contribution in [-0.2, 0) is 9.59 Å². The number of carbonyl (C=O) groups is 2. The minimum atomic E-state index is -0.130. The highest BCUT2D eigenvalue weighted by molar-refractivity contribution is 5.85. The van der Waals surface area contributed by atoms with Gasteiger partial charge in [-0.2, -0.15) is 0 Å². The first-order chi connectivity index (χ1) is 9.12. The lowest BCUT2D eigenvalue weighted by Gasteiger charge is -2.53. The molecule has 0 aromatic rings. The molecule has 2 atom stereocenters. The fourth-order valence-electron chi connectivity index (χ4n) is 4.21. The van der Waals surface area contributed by atoms with Crippen molar-refractivity contribution in [3.63, 3.8) is 0 Å². The van der Waals surface area contributed by atoms with Crippen LogP contribution in [0.1, 0.15) is 71.6 Å². The molecule has 1 heterocycles. The molecule has 0 aromatic heterocycles. The largest absolute Gasteiger partial charge is 0.337 e. The molecule has 1 aliphatic heterocycles. The molecule has 0 aromatic carbocycles. The SMILES string of the molecule is CCCC[C@@H]1C(=O)CCCC12CCCCN2C(C)=O. The van der Waals surface area contributed by atoms with Gasteiger partial charge in [-0.25, -0.2) is 0 Å². The minimum Gasteiger partial charge on any atom is -0.337 e. The average Bonchev–Trinajstić information content (AvgIpc) is 2.38. The zero-order valence-corrected chi connectivity index (χ0v) is 12.4. The highest BCUT2D eigenvalue weighted by Gasteiger charge is 2.50. The lowest BCUT2D eigenvalue weighted by molar-refractivity contribution is -0.149. The van der Waals surface area contributed by atoms with Crippen LogP contribution in [-0.4, -0.2) is 28.7 Å². The van der Waals surface area contributed by atoms with Crippen molar-refractivity contribution in [3.8, 4) is 0 Å². The molecule has 2 fully saturated rings. The van der Waals surface area contributed by atoms with E-state index in [0.29, 0.717) is 5.78 Å². The molecule has 1 amide bonds. The molecule has 1 spiro atoms. The summed E-state index contributed by atoms with van der Waals surface area (Å²) in [6.07, 6.45) is 9.21. The molecule has 0 bridgehead atoms. The van der Waals surface area contributed by atoms with E-state index in [1.807, 2.05) is 4.90 Å². The van der Waals surface area contributed by atoms with Crippen molar-refractivity contribution in [2.75, 3.05) is 6.54 Å². The van der Waals surface area contributed by atoms with Crippen LogP contribution >= 0.6 is 0 Å². The number of rotatable bonds is 3. The van der Waals surface area contributed by atoms with Gasteiger partial charge in [0.1, 0.15) is 5.78 Å². The van der Waals surface area contributed by atoms with E-state index in [9.17, 15) is 9.59 Å². The van der Waals surface area contributed by atoms with Crippen molar-refractivity contribution in [2.45, 2.75) is 77.2 Å². The van der Waals surface area contributed by atoms with Gasteiger partial charge in [0, 0.05) is 25.8 Å². The van der Waals surface area contributed by atoms with Crippen LogP contribution in [0.2, 0.25) is 0 Å². The van der Waals surface area contributed by atoms with Gasteiger partial charge < -0.3 is 4.90 Å². The second-order valence-corrected chi connectivity index (χ2v) is 6.25. The fourth-order valence-corrected chi connectivity index (χ4v) is 4.21. The first-order valence-electron chi connectivity index (χ1n) is 7.93. The average molecular weight is 265 g/mol. The number of piperidine rings is 1. The highest BCUT2D eigenvalue weighted by Crippen LogP contribution is 2.45.